The van der Waals surface area contributed by atoms with Gasteiger partial charge in [-0.2, -0.15) is 11.8 Å². The second-order valence-corrected chi connectivity index (χ2v) is 9.76. The Morgan fingerprint density at radius 2 is 1.61 bits per heavy atom. The molecule has 8 heteroatoms. The summed E-state index contributed by atoms with van der Waals surface area (Å²) < 4.78 is 0. The van der Waals surface area contributed by atoms with Crippen LogP contribution in [0.4, 0.5) is 0 Å². The number of thioether (sulfide) groups is 1. The van der Waals surface area contributed by atoms with Gasteiger partial charge in [0.15, 0.2) is 0 Å². The number of carbonyl (C=O) groups is 3. The van der Waals surface area contributed by atoms with Crippen LogP contribution < -0.4 is 5.32 Å². The van der Waals surface area contributed by atoms with Gasteiger partial charge >= 0.3 is 0 Å². The van der Waals surface area contributed by atoms with Crippen molar-refractivity contribution in [3.05, 3.63) is 35.4 Å². The van der Waals surface area contributed by atoms with Crippen LogP contribution in [0.2, 0.25) is 0 Å². The fraction of sp³-hybridized carbons (Fsp3) is 0.609. The smallest absolute Gasteiger partial charge is 0.253 e. The fourth-order valence-corrected chi connectivity index (χ4v) is 5.50. The zero-order chi connectivity index (χ0) is 21.6. The summed E-state index contributed by atoms with van der Waals surface area (Å²) in [6.45, 7) is 4.78. The van der Waals surface area contributed by atoms with E-state index in [1.807, 2.05) is 50.7 Å². The highest BCUT2D eigenvalue weighted by molar-refractivity contribution is 7.99. The summed E-state index contributed by atoms with van der Waals surface area (Å²) in [4.78, 5) is 43.7. The van der Waals surface area contributed by atoms with Gasteiger partial charge in [-0.25, -0.2) is 0 Å². The molecule has 31 heavy (non-hydrogen) atoms. The summed E-state index contributed by atoms with van der Waals surface area (Å²) >= 11 is 1.89. The van der Waals surface area contributed by atoms with E-state index < -0.39 is 0 Å². The Bertz CT molecular complexity index is 789. The molecule has 0 spiro atoms. The van der Waals surface area contributed by atoms with Crippen molar-refractivity contribution in [1.82, 2.24) is 20.0 Å². The van der Waals surface area contributed by atoms with Crippen LogP contribution in [0.5, 0.6) is 0 Å². The molecule has 7 nitrogen and oxygen atoms in total. The third-order valence-electron chi connectivity index (χ3n) is 6.40. The van der Waals surface area contributed by atoms with Crippen molar-refractivity contribution in [2.24, 2.45) is 0 Å². The first-order valence-corrected chi connectivity index (χ1v) is 12.5. The summed E-state index contributed by atoms with van der Waals surface area (Å²) in [5.41, 5.74) is 1.66. The molecule has 1 unspecified atom stereocenters. The molecule has 1 N–H and O–H groups in total. The van der Waals surface area contributed by atoms with Crippen LogP contribution in [0, 0.1) is 0 Å². The Morgan fingerprint density at radius 3 is 2.32 bits per heavy atom. The maximum absolute atomic E-state index is 12.9. The number of nitrogens with zero attached hydrogens (tertiary/aromatic N) is 3. The van der Waals surface area contributed by atoms with E-state index in [4.69, 9.17) is 0 Å². The summed E-state index contributed by atoms with van der Waals surface area (Å²) in [7, 11) is 0. The van der Waals surface area contributed by atoms with Gasteiger partial charge in [0.25, 0.3) is 5.91 Å². The zero-order valence-corrected chi connectivity index (χ0v) is 18.9. The molecule has 0 aromatic heterocycles. The standard InChI is InChI=1S/C23H32N4O3S/c28-21(17-27-11-3-4-20(27)23(30)26-12-14-31-15-13-26)24-16-18-5-7-19(8-6-18)22(29)25-9-1-2-10-25/h5-8,20H,1-4,9-17H2,(H,24,28). The topological polar surface area (TPSA) is 73.0 Å². The minimum Gasteiger partial charge on any atom is -0.351 e. The van der Waals surface area contributed by atoms with Gasteiger partial charge in [-0.05, 0) is 49.9 Å². The number of hydrogen-bond donors (Lipinski definition) is 1. The molecule has 168 valence electrons. The molecule has 3 fully saturated rings. The van der Waals surface area contributed by atoms with Crippen molar-refractivity contribution in [2.45, 2.75) is 38.3 Å². The second kappa shape index (κ2) is 10.5. The number of hydrogen-bond acceptors (Lipinski definition) is 5. The van der Waals surface area contributed by atoms with Gasteiger partial charge in [-0.3, -0.25) is 19.3 Å². The molecule has 3 heterocycles. The Morgan fingerprint density at radius 1 is 0.903 bits per heavy atom. The number of amides is 3. The maximum atomic E-state index is 12.9. The average Bonchev–Trinajstić information content (AvgIpc) is 3.50. The fourth-order valence-electron chi connectivity index (χ4n) is 4.60. The molecule has 4 rings (SSSR count). The molecule has 0 radical (unpaired) electrons. The lowest BCUT2D eigenvalue weighted by Crippen LogP contribution is -2.50. The quantitative estimate of drug-likeness (QED) is 0.721. The molecule has 0 saturated carbocycles. The molecular formula is C23H32N4O3S. The van der Waals surface area contributed by atoms with Crippen molar-refractivity contribution < 1.29 is 14.4 Å². The number of rotatable bonds is 6. The van der Waals surface area contributed by atoms with Crippen molar-refractivity contribution in [3.63, 3.8) is 0 Å². The van der Waals surface area contributed by atoms with Crippen LogP contribution in [0.15, 0.2) is 24.3 Å². The first-order valence-electron chi connectivity index (χ1n) is 11.4. The van der Waals surface area contributed by atoms with E-state index in [1.54, 1.807) is 0 Å². The van der Waals surface area contributed by atoms with Gasteiger partial charge in [0, 0.05) is 49.8 Å². The molecule has 0 aliphatic carbocycles. The Kier molecular flexibility index (Phi) is 7.50. The minimum absolute atomic E-state index is 0.0638. The van der Waals surface area contributed by atoms with Gasteiger partial charge in [0.1, 0.15) is 0 Å². The van der Waals surface area contributed by atoms with E-state index >= 15 is 0 Å². The van der Waals surface area contributed by atoms with Crippen molar-refractivity contribution in [2.75, 3.05) is 50.8 Å². The molecule has 1 aromatic carbocycles. The zero-order valence-electron chi connectivity index (χ0n) is 18.1. The number of benzene rings is 1. The molecule has 3 amide bonds. The molecule has 3 aliphatic rings. The number of nitrogens with one attached hydrogen (secondary N) is 1. The SMILES string of the molecule is O=C(CN1CCCC1C(=O)N1CCSCC1)NCc1ccc(C(=O)N2CCCC2)cc1. The molecular weight excluding hydrogens is 412 g/mol. The predicted molar refractivity (Wildman–Crippen MR) is 122 cm³/mol. The Balaban J connectivity index is 1.24. The van der Waals surface area contributed by atoms with E-state index in [9.17, 15) is 14.4 Å². The average molecular weight is 445 g/mol. The molecule has 3 saturated heterocycles. The maximum Gasteiger partial charge on any atom is 0.253 e. The Hall–Kier alpha value is -2.06. The van der Waals surface area contributed by atoms with E-state index in [0.717, 1.165) is 75.5 Å². The highest BCUT2D eigenvalue weighted by Crippen LogP contribution is 2.21. The van der Waals surface area contributed by atoms with Gasteiger partial charge in [-0.1, -0.05) is 12.1 Å². The second-order valence-electron chi connectivity index (χ2n) is 8.54. The predicted octanol–water partition coefficient (Wildman–Crippen LogP) is 1.58. The van der Waals surface area contributed by atoms with Gasteiger partial charge in [-0.15, -0.1) is 0 Å². The summed E-state index contributed by atoms with van der Waals surface area (Å²) in [5.74, 6) is 2.21. The first-order chi connectivity index (χ1) is 15.1. The molecule has 3 aliphatic heterocycles. The third-order valence-corrected chi connectivity index (χ3v) is 7.34. The van der Waals surface area contributed by atoms with Crippen LogP contribution in [0.1, 0.15) is 41.6 Å². The normalized spacial score (nSPS) is 22.0. The van der Waals surface area contributed by atoms with Crippen molar-refractivity contribution in [3.8, 4) is 0 Å². The van der Waals surface area contributed by atoms with Crippen LogP contribution in [-0.2, 0) is 16.1 Å². The van der Waals surface area contributed by atoms with Gasteiger partial charge < -0.3 is 15.1 Å². The highest BCUT2D eigenvalue weighted by atomic mass is 32.2. The molecule has 0 bridgehead atoms. The van der Waals surface area contributed by atoms with E-state index in [0.29, 0.717) is 12.1 Å². The highest BCUT2D eigenvalue weighted by Gasteiger charge is 2.34. The van der Waals surface area contributed by atoms with E-state index in [-0.39, 0.29) is 30.3 Å². The van der Waals surface area contributed by atoms with E-state index in [2.05, 4.69) is 5.32 Å². The molecule has 1 aromatic rings. The van der Waals surface area contributed by atoms with Crippen LogP contribution in [-0.4, -0.2) is 89.2 Å². The monoisotopic (exact) mass is 444 g/mol. The van der Waals surface area contributed by atoms with Crippen LogP contribution >= 0.6 is 11.8 Å². The summed E-state index contributed by atoms with van der Waals surface area (Å²) in [6.07, 6.45) is 3.95. The van der Waals surface area contributed by atoms with Gasteiger partial charge in [0.05, 0.1) is 12.6 Å². The van der Waals surface area contributed by atoms with Gasteiger partial charge in [0.2, 0.25) is 11.8 Å². The summed E-state index contributed by atoms with van der Waals surface area (Å²) in [5, 5.41) is 2.96. The van der Waals surface area contributed by atoms with Crippen LogP contribution in [0.25, 0.3) is 0 Å². The molecule has 1 atom stereocenters. The lowest BCUT2D eigenvalue weighted by Gasteiger charge is -2.32. The summed E-state index contributed by atoms with van der Waals surface area (Å²) in [6, 6.07) is 7.33. The lowest BCUT2D eigenvalue weighted by atomic mass is 10.1. The Labute approximate surface area is 188 Å². The van der Waals surface area contributed by atoms with Crippen molar-refractivity contribution >= 4 is 29.5 Å². The minimum atomic E-state index is -0.162. The lowest BCUT2D eigenvalue weighted by molar-refractivity contribution is -0.136. The van der Waals surface area contributed by atoms with Crippen molar-refractivity contribution in [1.29, 1.82) is 0 Å². The third kappa shape index (κ3) is 5.60. The van der Waals surface area contributed by atoms with Crippen LogP contribution in [0.3, 0.4) is 0 Å². The first kappa shape index (κ1) is 22.1. The largest absolute Gasteiger partial charge is 0.351 e. The number of likely N-dealkylation sites (tertiary alicyclic amines) is 2. The number of carbonyl (C=O) groups excluding carboxylic acids is 3. The van der Waals surface area contributed by atoms with E-state index in [1.165, 1.54) is 0 Å².